The Morgan fingerprint density at radius 2 is 1.67 bits per heavy atom. The Kier molecular flexibility index (Phi) is 6.89. The molecule has 5 nitrogen and oxygen atoms in total. The van der Waals surface area contributed by atoms with Crippen molar-refractivity contribution >= 4 is 10.0 Å². The Hall–Kier alpha value is -2.05. The maximum absolute atomic E-state index is 12.6. The molecule has 0 spiro atoms. The second-order valence-electron chi connectivity index (χ2n) is 7.06. The van der Waals surface area contributed by atoms with Crippen LogP contribution >= 0.6 is 0 Å². The topological polar surface area (TPSA) is 64.6 Å². The van der Waals surface area contributed by atoms with E-state index in [2.05, 4.69) is 25.5 Å². The molecule has 0 unspecified atom stereocenters. The Labute approximate surface area is 162 Å². The number of sulfonamides is 1. The molecule has 2 rings (SSSR count). The summed E-state index contributed by atoms with van der Waals surface area (Å²) < 4.78 is 38.5. The van der Waals surface area contributed by atoms with Crippen LogP contribution in [0.2, 0.25) is 0 Å². The van der Waals surface area contributed by atoms with Crippen molar-refractivity contribution in [2.45, 2.75) is 43.9 Å². The molecule has 0 aliphatic rings. The quantitative estimate of drug-likeness (QED) is 0.704. The number of para-hydroxylation sites is 1. The third kappa shape index (κ3) is 5.02. The lowest BCUT2D eigenvalue weighted by Gasteiger charge is -2.23. The van der Waals surface area contributed by atoms with E-state index in [0.717, 1.165) is 17.5 Å². The zero-order valence-electron chi connectivity index (χ0n) is 16.7. The SMILES string of the molecule is CCC(C)(C)c1ccc(S(=O)(=O)NCCc2cccc(OC)c2OC)cc1. The third-order valence-electron chi connectivity index (χ3n) is 5.00. The summed E-state index contributed by atoms with van der Waals surface area (Å²) in [4.78, 5) is 0.274. The van der Waals surface area contributed by atoms with Crippen LogP contribution in [0.3, 0.4) is 0 Å². The minimum Gasteiger partial charge on any atom is -0.493 e. The second kappa shape index (κ2) is 8.76. The van der Waals surface area contributed by atoms with E-state index in [1.807, 2.05) is 30.3 Å². The van der Waals surface area contributed by atoms with Crippen LogP contribution in [0.4, 0.5) is 0 Å². The molecule has 0 saturated heterocycles. The summed E-state index contributed by atoms with van der Waals surface area (Å²) in [5.74, 6) is 1.26. The van der Waals surface area contributed by atoms with Gasteiger partial charge in [0, 0.05) is 6.54 Å². The van der Waals surface area contributed by atoms with E-state index in [0.29, 0.717) is 17.9 Å². The van der Waals surface area contributed by atoms with Crippen molar-refractivity contribution in [3.8, 4) is 11.5 Å². The predicted octanol–water partition coefficient (Wildman–Crippen LogP) is 3.91. The van der Waals surface area contributed by atoms with Crippen LogP contribution in [0, 0.1) is 0 Å². The second-order valence-corrected chi connectivity index (χ2v) is 8.83. The highest BCUT2D eigenvalue weighted by Crippen LogP contribution is 2.31. The van der Waals surface area contributed by atoms with Gasteiger partial charge in [-0.3, -0.25) is 0 Å². The Morgan fingerprint density at radius 1 is 1.00 bits per heavy atom. The number of methoxy groups -OCH3 is 2. The molecule has 0 aromatic heterocycles. The van der Waals surface area contributed by atoms with Crippen molar-refractivity contribution in [2.75, 3.05) is 20.8 Å². The maximum Gasteiger partial charge on any atom is 0.240 e. The first-order valence-corrected chi connectivity index (χ1v) is 10.5. The third-order valence-corrected chi connectivity index (χ3v) is 6.48. The fourth-order valence-corrected chi connectivity index (χ4v) is 3.88. The van der Waals surface area contributed by atoms with Crippen LogP contribution in [0.5, 0.6) is 11.5 Å². The van der Waals surface area contributed by atoms with Gasteiger partial charge < -0.3 is 9.47 Å². The molecular formula is C21H29NO4S. The molecule has 2 aromatic carbocycles. The number of benzene rings is 2. The molecule has 6 heteroatoms. The number of hydrogen-bond donors (Lipinski definition) is 1. The minimum atomic E-state index is -3.56. The zero-order chi connectivity index (χ0) is 20.1. The molecule has 0 aliphatic carbocycles. The van der Waals surface area contributed by atoms with Crippen molar-refractivity contribution in [1.82, 2.24) is 4.72 Å². The first kappa shape index (κ1) is 21.3. The lowest BCUT2D eigenvalue weighted by Crippen LogP contribution is -2.26. The molecule has 2 aromatic rings. The van der Waals surface area contributed by atoms with Crippen molar-refractivity contribution in [1.29, 1.82) is 0 Å². The van der Waals surface area contributed by atoms with Crippen LogP contribution < -0.4 is 14.2 Å². The molecule has 0 radical (unpaired) electrons. The fourth-order valence-electron chi connectivity index (χ4n) is 2.84. The fraction of sp³-hybridized carbons (Fsp3) is 0.429. The van der Waals surface area contributed by atoms with Gasteiger partial charge in [-0.1, -0.05) is 45.0 Å². The molecular weight excluding hydrogens is 362 g/mol. The van der Waals surface area contributed by atoms with Gasteiger partial charge in [0.2, 0.25) is 10.0 Å². The Balaban J connectivity index is 2.08. The number of hydrogen-bond acceptors (Lipinski definition) is 4. The Bertz CT molecular complexity index is 858. The monoisotopic (exact) mass is 391 g/mol. The average molecular weight is 392 g/mol. The van der Waals surface area contributed by atoms with Crippen LogP contribution in [0.25, 0.3) is 0 Å². The largest absolute Gasteiger partial charge is 0.493 e. The van der Waals surface area contributed by atoms with Gasteiger partial charge in [0.25, 0.3) is 0 Å². The van der Waals surface area contributed by atoms with Gasteiger partial charge in [-0.25, -0.2) is 13.1 Å². The highest BCUT2D eigenvalue weighted by molar-refractivity contribution is 7.89. The summed E-state index contributed by atoms with van der Waals surface area (Å²) in [7, 11) is -0.405. The van der Waals surface area contributed by atoms with Gasteiger partial charge in [0.15, 0.2) is 11.5 Å². The van der Waals surface area contributed by atoms with E-state index in [1.165, 1.54) is 0 Å². The highest BCUT2D eigenvalue weighted by Gasteiger charge is 2.20. The van der Waals surface area contributed by atoms with Gasteiger partial charge >= 0.3 is 0 Å². The van der Waals surface area contributed by atoms with Crippen LogP contribution in [0.1, 0.15) is 38.3 Å². The normalized spacial score (nSPS) is 12.0. The maximum atomic E-state index is 12.6. The molecule has 0 amide bonds. The smallest absolute Gasteiger partial charge is 0.240 e. The van der Waals surface area contributed by atoms with Crippen molar-refractivity contribution in [3.05, 3.63) is 53.6 Å². The first-order valence-electron chi connectivity index (χ1n) is 9.05. The van der Waals surface area contributed by atoms with E-state index in [1.54, 1.807) is 26.4 Å². The molecule has 0 fully saturated rings. The summed E-state index contributed by atoms with van der Waals surface area (Å²) in [6.45, 7) is 6.69. The minimum absolute atomic E-state index is 0.0264. The van der Waals surface area contributed by atoms with Crippen LogP contribution in [0.15, 0.2) is 47.4 Å². The zero-order valence-corrected chi connectivity index (χ0v) is 17.5. The molecule has 0 saturated carbocycles. The van der Waals surface area contributed by atoms with E-state index in [4.69, 9.17) is 9.47 Å². The van der Waals surface area contributed by atoms with Crippen molar-refractivity contribution in [2.24, 2.45) is 0 Å². The lowest BCUT2D eigenvalue weighted by molar-refractivity contribution is 0.351. The first-order chi connectivity index (χ1) is 12.7. The summed E-state index contributed by atoms with van der Waals surface area (Å²) >= 11 is 0. The van der Waals surface area contributed by atoms with Crippen LogP contribution in [-0.4, -0.2) is 29.2 Å². The molecule has 1 N–H and O–H groups in total. The predicted molar refractivity (Wildman–Crippen MR) is 108 cm³/mol. The number of nitrogens with one attached hydrogen (secondary N) is 1. The van der Waals surface area contributed by atoms with Crippen molar-refractivity contribution < 1.29 is 17.9 Å². The van der Waals surface area contributed by atoms with E-state index < -0.39 is 10.0 Å². The lowest BCUT2D eigenvalue weighted by atomic mass is 9.82. The summed E-state index contributed by atoms with van der Waals surface area (Å²) in [6.07, 6.45) is 1.49. The molecule has 148 valence electrons. The average Bonchev–Trinajstić information content (AvgIpc) is 2.67. The summed E-state index contributed by atoms with van der Waals surface area (Å²) in [6, 6.07) is 12.7. The van der Waals surface area contributed by atoms with Crippen LogP contribution in [-0.2, 0) is 21.9 Å². The highest BCUT2D eigenvalue weighted by atomic mass is 32.2. The van der Waals surface area contributed by atoms with E-state index in [9.17, 15) is 8.42 Å². The number of rotatable bonds is 9. The molecule has 0 bridgehead atoms. The number of ether oxygens (including phenoxy) is 2. The van der Waals surface area contributed by atoms with Crippen molar-refractivity contribution in [3.63, 3.8) is 0 Å². The standard InChI is InChI=1S/C21H29NO4S/c1-6-21(2,3)17-10-12-18(13-11-17)27(23,24)22-15-14-16-8-7-9-19(25-4)20(16)26-5/h7-13,22H,6,14-15H2,1-5H3. The van der Waals surface area contributed by atoms with Gasteiger partial charge in [-0.2, -0.15) is 0 Å². The van der Waals surface area contributed by atoms with Gasteiger partial charge in [-0.15, -0.1) is 0 Å². The molecule has 0 heterocycles. The molecule has 27 heavy (non-hydrogen) atoms. The summed E-state index contributed by atoms with van der Waals surface area (Å²) in [5, 5.41) is 0. The van der Waals surface area contributed by atoms with Gasteiger partial charge in [0.1, 0.15) is 0 Å². The Morgan fingerprint density at radius 3 is 2.22 bits per heavy atom. The van der Waals surface area contributed by atoms with E-state index >= 15 is 0 Å². The summed E-state index contributed by atoms with van der Waals surface area (Å²) in [5.41, 5.74) is 2.04. The molecule has 0 atom stereocenters. The van der Waals surface area contributed by atoms with Gasteiger partial charge in [-0.05, 0) is 47.6 Å². The molecule has 0 aliphatic heterocycles. The van der Waals surface area contributed by atoms with E-state index in [-0.39, 0.29) is 16.9 Å². The van der Waals surface area contributed by atoms with Gasteiger partial charge in [0.05, 0.1) is 19.1 Å².